The van der Waals surface area contributed by atoms with Crippen molar-refractivity contribution in [3.63, 3.8) is 0 Å². The topological polar surface area (TPSA) is 3.01 Å². The van der Waals surface area contributed by atoms with Gasteiger partial charge < -0.3 is 0 Å². The van der Waals surface area contributed by atoms with Crippen molar-refractivity contribution in [2.24, 2.45) is 0 Å². The second-order valence-corrected chi connectivity index (χ2v) is 9.67. The summed E-state index contributed by atoms with van der Waals surface area (Å²) in [7, 11) is 0.262. The van der Waals surface area contributed by atoms with Crippen molar-refractivity contribution in [2.75, 3.05) is 0 Å². The Hall–Kier alpha value is -2.41. The Morgan fingerprint density at radius 2 is 1.91 bits per heavy atom. The van der Waals surface area contributed by atoms with Gasteiger partial charge in [0.2, 0.25) is 0 Å². The van der Waals surface area contributed by atoms with E-state index < -0.39 is 11.7 Å². The van der Waals surface area contributed by atoms with E-state index in [2.05, 4.69) is 0 Å². The maximum Gasteiger partial charge on any atom is 0.792 e. The molecule has 2 aliphatic carbocycles. The van der Waals surface area contributed by atoms with Crippen LogP contribution in [0.1, 0.15) is 57.4 Å². The van der Waals surface area contributed by atoms with Crippen LogP contribution >= 0.6 is 11.3 Å². The maximum absolute atomic E-state index is 14.4. The molecule has 0 bridgehead atoms. The molecule has 4 rings (SSSR count). The maximum atomic E-state index is 14.4. The van der Waals surface area contributed by atoms with Crippen LogP contribution in [-0.2, 0) is 6.42 Å². The van der Waals surface area contributed by atoms with E-state index in [-0.39, 0.29) is 19.0 Å². The molecule has 171 valence electrons. The molecule has 0 saturated carbocycles. The van der Waals surface area contributed by atoms with E-state index in [1.165, 1.54) is 17.9 Å². The van der Waals surface area contributed by atoms with Gasteiger partial charge in [-0.25, -0.2) is 8.80 Å². The van der Waals surface area contributed by atoms with E-state index in [9.17, 15) is 17.5 Å². The summed E-state index contributed by atoms with van der Waals surface area (Å²) in [6.07, 6.45) is 5.07. The van der Waals surface area contributed by atoms with Crippen LogP contribution in [0.15, 0.2) is 74.9 Å². The number of allylic oxidation sites excluding steroid dienone is 11. The molecule has 33 heavy (non-hydrogen) atoms. The van der Waals surface area contributed by atoms with Gasteiger partial charge in [0.1, 0.15) is 5.57 Å². The fourth-order valence-electron chi connectivity index (χ4n) is 4.97. The Morgan fingerprint density at radius 1 is 1.15 bits per heavy atom. The van der Waals surface area contributed by atoms with Gasteiger partial charge in [-0.05, 0) is 87.1 Å². The molecule has 3 aliphatic rings. The average Bonchev–Trinajstić information content (AvgIpc) is 3.36. The van der Waals surface area contributed by atoms with Crippen molar-refractivity contribution in [3.05, 3.63) is 85.3 Å². The molecule has 2 heterocycles. The third-order valence-corrected chi connectivity index (χ3v) is 7.59. The van der Waals surface area contributed by atoms with E-state index in [0.29, 0.717) is 18.6 Å². The van der Waals surface area contributed by atoms with Gasteiger partial charge in [-0.2, -0.15) is 13.2 Å². The number of hydrogen-bond acceptors (Lipinski definition) is 1. The lowest BCUT2D eigenvalue weighted by Crippen LogP contribution is -2.26. The molecule has 0 saturated heterocycles. The quantitative estimate of drug-likeness (QED) is 0.311. The SMILES string of the molecule is C/C=C\C1=C(C)CCC2=C/C(=C(/C(C)=C/C3=C(C)c4ccsc4CC3)C(F)(F)F)[N+]([B]F)=C21. The second kappa shape index (κ2) is 9.09. The molecule has 0 amide bonds. The standard InChI is InChI=1S/C26H26BF4NS/c1-5-6-20-15(2)7-8-19-14-22(32(27-31)25(19)20)24(26(28,29)30)16(3)13-18-9-10-23-21(17(18)4)11-12-33-23/h5-6,11-14H,7-10H2,1-4H3/q+1/b6-5-,16-13+,24-22+. The first-order valence-corrected chi connectivity index (χ1v) is 12.0. The normalized spacial score (nSPS) is 21.1. The van der Waals surface area contributed by atoms with Gasteiger partial charge in [0.15, 0.2) is 11.4 Å². The molecule has 1 aliphatic heterocycles. The van der Waals surface area contributed by atoms with Crippen LogP contribution in [0, 0.1) is 0 Å². The molecule has 1 nitrogen and oxygen atoms in total. The van der Waals surface area contributed by atoms with E-state index in [1.54, 1.807) is 17.4 Å². The monoisotopic (exact) mass is 471 g/mol. The van der Waals surface area contributed by atoms with Gasteiger partial charge in [-0.3, -0.25) is 0 Å². The third-order valence-electron chi connectivity index (χ3n) is 6.61. The number of hydrogen-bond donors (Lipinski definition) is 0. The number of aryl methyl sites for hydroxylation is 1. The van der Waals surface area contributed by atoms with Crippen molar-refractivity contribution in [1.29, 1.82) is 0 Å². The average molecular weight is 471 g/mol. The first-order chi connectivity index (χ1) is 15.7. The van der Waals surface area contributed by atoms with E-state index >= 15 is 0 Å². The fraction of sp³-hybridized carbons (Fsp3) is 0.346. The highest BCUT2D eigenvalue weighted by atomic mass is 32.1. The molecular formula is C26H26BF4NS+. The van der Waals surface area contributed by atoms with Gasteiger partial charge >= 0.3 is 13.9 Å². The summed E-state index contributed by atoms with van der Waals surface area (Å²) in [5.41, 5.74) is 5.28. The summed E-state index contributed by atoms with van der Waals surface area (Å²) >= 11 is 1.68. The predicted molar refractivity (Wildman–Crippen MR) is 129 cm³/mol. The minimum Gasteiger partial charge on any atom is -0.247 e. The first-order valence-electron chi connectivity index (χ1n) is 11.1. The molecule has 0 atom stereocenters. The smallest absolute Gasteiger partial charge is 0.247 e. The summed E-state index contributed by atoms with van der Waals surface area (Å²) in [5, 5.41) is 2.02. The summed E-state index contributed by atoms with van der Waals surface area (Å²) < 4.78 is 58.6. The number of rotatable bonds is 4. The van der Waals surface area contributed by atoms with Gasteiger partial charge in [-0.15, -0.1) is 11.3 Å². The lowest BCUT2D eigenvalue weighted by molar-refractivity contribution is -0.323. The minimum absolute atomic E-state index is 0.0989. The van der Waals surface area contributed by atoms with Gasteiger partial charge in [0, 0.05) is 22.1 Å². The zero-order valence-corrected chi connectivity index (χ0v) is 20.1. The fourth-order valence-corrected chi connectivity index (χ4v) is 5.91. The first kappa shape index (κ1) is 23.7. The zero-order chi connectivity index (χ0) is 23.9. The predicted octanol–water partition coefficient (Wildman–Crippen LogP) is 7.81. The Kier molecular flexibility index (Phi) is 6.54. The molecule has 1 radical (unpaired) electrons. The highest BCUT2D eigenvalue weighted by Gasteiger charge is 2.46. The lowest BCUT2D eigenvalue weighted by Gasteiger charge is -2.19. The van der Waals surface area contributed by atoms with E-state index in [1.807, 2.05) is 44.4 Å². The van der Waals surface area contributed by atoms with Gasteiger partial charge in [0.25, 0.3) is 0 Å². The van der Waals surface area contributed by atoms with E-state index in [0.717, 1.165) is 50.8 Å². The summed E-state index contributed by atoms with van der Waals surface area (Å²) in [5.74, 6) is 0. The van der Waals surface area contributed by atoms with Crippen molar-refractivity contribution >= 4 is 30.3 Å². The Morgan fingerprint density at radius 3 is 2.58 bits per heavy atom. The molecule has 0 N–H and O–H groups in total. The number of alkyl halides is 3. The number of nitrogens with zero attached hydrogens (tertiary/aromatic N) is 1. The summed E-state index contributed by atoms with van der Waals surface area (Å²) in [4.78, 5) is 1.27. The largest absolute Gasteiger partial charge is 0.792 e. The van der Waals surface area contributed by atoms with Gasteiger partial charge in [-0.1, -0.05) is 23.8 Å². The molecular weight excluding hydrogens is 445 g/mol. The molecule has 7 heteroatoms. The number of halogens is 4. The Bertz CT molecular complexity index is 1220. The van der Waals surface area contributed by atoms with Crippen LogP contribution in [0.2, 0.25) is 0 Å². The summed E-state index contributed by atoms with van der Waals surface area (Å²) in [6, 6.07) is 2.03. The molecule has 1 aromatic rings. The number of fused-ring (bicyclic) bond motifs is 2. The van der Waals surface area contributed by atoms with Crippen LogP contribution in [-0.4, -0.2) is 24.1 Å². The molecule has 0 aromatic carbocycles. The van der Waals surface area contributed by atoms with Crippen LogP contribution in [0.25, 0.3) is 5.57 Å². The molecule has 0 unspecified atom stereocenters. The van der Waals surface area contributed by atoms with Crippen molar-refractivity contribution in [1.82, 2.24) is 0 Å². The summed E-state index contributed by atoms with van der Waals surface area (Å²) in [6.45, 7) is 7.24. The minimum atomic E-state index is -4.63. The Balaban J connectivity index is 1.91. The Labute approximate surface area is 197 Å². The molecule has 1 aromatic heterocycles. The van der Waals surface area contributed by atoms with E-state index in [4.69, 9.17) is 0 Å². The van der Waals surface area contributed by atoms with Gasteiger partial charge in [0.05, 0.1) is 0 Å². The van der Waals surface area contributed by atoms with Crippen LogP contribution < -0.4 is 0 Å². The second-order valence-electron chi connectivity index (χ2n) is 8.67. The van der Waals surface area contributed by atoms with Crippen LogP contribution in [0.3, 0.4) is 0 Å². The molecule has 0 spiro atoms. The number of thiophene rings is 1. The highest BCUT2D eigenvalue weighted by Crippen LogP contribution is 2.41. The van der Waals surface area contributed by atoms with Crippen molar-refractivity contribution in [2.45, 2.75) is 59.6 Å². The van der Waals surface area contributed by atoms with Crippen LogP contribution in [0.4, 0.5) is 17.5 Å². The molecule has 0 fully saturated rings. The van der Waals surface area contributed by atoms with Crippen molar-refractivity contribution < 1.29 is 22.0 Å². The highest BCUT2D eigenvalue weighted by molar-refractivity contribution is 7.10. The third kappa shape index (κ3) is 4.28. The van der Waals surface area contributed by atoms with Crippen LogP contribution in [0.5, 0.6) is 0 Å². The zero-order valence-electron chi connectivity index (χ0n) is 19.2. The lowest BCUT2D eigenvalue weighted by atomic mass is 9.86. The van der Waals surface area contributed by atoms with Crippen molar-refractivity contribution in [3.8, 4) is 0 Å².